The lowest BCUT2D eigenvalue weighted by Crippen LogP contribution is -2.43. The molecule has 0 spiro atoms. The fourth-order valence-electron chi connectivity index (χ4n) is 4.29. The maximum atomic E-state index is 15.9. The average Bonchev–Trinajstić information content (AvgIpc) is 3.23. The number of rotatable bonds is 13. The lowest BCUT2D eigenvalue weighted by Gasteiger charge is -2.25. The van der Waals surface area contributed by atoms with E-state index in [9.17, 15) is 24.1 Å². The van der Waals surface area contributed by atoms with Crippen molar-refractivity contribution >= 4 is 25.4 Å². The van der Waals surface area contributed by atoms with Crippen molar-refractivity contribution in [2.75, 3.05) is 18.5 Å². The average molecular weight is 633 g/mol. The zero-order valence-electron chi connectivity index (χ0n) is 24.3. The van der Waals surface area contributed by atoms with Gasteiger partial charge in [-0.15, -0.1) is 0 Å². The summed E-state index contributed by atoms with van der Waals surface area (Å²) in [7, 11) is -4.34. The molecule has 0 radical (unpaired) electrons. The third-order valence-corrected chi connectivity index (χ3v) is 8.25. The van der Waals surface area contributed by atoms with Gasteiger partial charge in [0.2, 0.25) is 0 Å². The van der Waals surface area contributed by atoms with Crippen LogP contribution in [0.15, 0.2) is 77.7 Å². The monoisotopic (exact) mass is 632 g/mol. The van der Waals surface area contributed by atoms with Gasteiger partial charge in [-0.05, 0) is 50.6 Å². The van der Waals surface area contributed by atoms with E-state index in [2.05, 4.69) is 15.4 Å². The summed E-state index contributed by atoms with van der Waals surface area (Å²) in [6, 6.07) is 16.4. The highest BCUT2D eigenvalue weighted by Gasteiger charge is 2.56. The fraction of sp³-hybridized carbons (Fsp3) is 0.379. The van der Waals surface area contributed by atoms with Crippen molar-refractivity contribution in [1.82, 2.24) is 14.6 Å². The summed E-state index contributed by atoms with van der Waals surface area (Å²) < 4.78 is 52.3. The van der Waals surface area contributed by atoms with Gasteiger partial charge in [0.15, 0.2) is 11.9 Å². The number of hydrogen-bond acceptors (Lipinski definition) is 10. The van der Waals surface area contributed by atoms with Crippen molar-refractivity contribution in [2.24, 2.45) is 0 Å². The van der Waals surface area contributed by atoms with Gasteiger partial charge in [-0.3, -0.25) is 18.7 Å². The third-order valence-electron chi connectivity index (χ3n) is 6.61. The van der Waals surface area contributed by atoms with Crippen molar-refractivity contribution in [3.8, 4) is 5.75 Å². The third kappa shape index (κ3) is 7.96. The molecule has 0 saturated carbocycles. The molecule has 44 heavy (non-hydrogen) atoms. The number of carbonyl (C=O) groups is 2. The zero-order chi connectivity index (χ0) is 31.9. The minimum absolute atomic E-state index is 0.0734. The van der Waals surface area contributed by atoms with Crippen LogP contribution < -0.4 is 20.6 Å². The van der Waals surface area contributed by atoms with Crippen molar-refractivity contribution in [3.05, 3.63) is 89.0 Å². The fourth-order valence-corrected chi connectivity index (χ4v) is 5.79. The first kappa shape index (κ1) is 33.0. The molecule has 2 unspecified atom stereocenters. The Morgan fingerprint density at radius 3 is 2.45 bits per heavy atom. The number of amides is 1. The lowest BCUT2D eigenvalue weighted by atomic mass is 9.98. The van der Waals surface area contributed by atoms with E-state index in [1.165, 1.54) is 31.3 Å². The molecule has 1 amide bonds. The number of anilines is 1. The van der Waals surface area contributed by atoms with Gasteiger partial charge in [-0.2, -0.15) is 10.1 Å². The normalized spacial score (nSPS) is 23.3. The minimum atomic E-state index is -4.34. The number of nitrogens with one attached hydrogen (secondary N) is 2. The number of para-hydroxylation sites is 1. The van der Waals surface area contributed by atoms with E-state index in [-0.39, 0.29) is 18.2 Å². The Morgan fingerprint density at radius 1 is 1.16 bits per heavy atom. The summed E-state index contributed by atoms with van der Waals surface area (Å²) in [6.45, 7) is 3.76. The number of carbonyl (C=O) groups excluding carboxylic acids is 2. The van der Waals surface area contributed by atoms with Crippen LogP contribution in [0.2, 0.25) is 0 Å². The van der Waals surface area contributed by atoms with Crippen LogP contribution in [0.3, 0.4) is 0 Å². The van der Waals surface area contributed by atoms with Gasteiger partial charge in [-0.25, -0.2) is 13.8 Å². The number of aliphatic hydroxyl groups is 1. The second-order valence-corrected chi connectivity index (χ2v) is 11.9. The molecule has 3 aromatic rings. The van der Waals surface area contributed by atoms with Crippen LogP contribution in [0, 0.1) is 0 Å². The molecular weight excluding hydrogens is 598 g/mol. The van der Waals surface area contributed by atoms with Crippen LogP contribution >= 0.6 is 7.75 Å². The summed E-state index contributed by atoms with van der Waals surface area (Å²) in [5, 5.41) is 15.8. The van der Waals surface area contributed by atoms with Crippen molar-refractivity contribution in [3.63, 3.8) is 0 Å². The number of aromatic nitrogens is 2. The van der Waals surface area contributed by atoms with Crippen LogP contribution in [0.4, 0.5) is 10.2 Å². The van der Waals surface area contributed by atoms with Gasteiger partial charge in [0.1, 0.15) is 29.8 Å². The Kier molecular flexibility index (Phi) is 10.7. The number of nitrogens with zero attached hydrogens (tertiary/aromatic N) is 2. The first-order valence-electron chi connectivity index (χ1n) is 13.8. The summed E-state index contributed by atoms with van der Waals surface area (Å²) in [5.41, 5.74) is -3.14. The van der Waals surface area contributed by atoms with Gasteiger partial charge in [-0.1, -0.05) is 43.3 Å². The van der Waals surface area contributed by atoms with Gasteiger partial charge in [0, 0.05) is 11.8 Å². The molecule has 6 atom stereocenters. The number of esters is 1. The van der Waals surface area contributed by atoms with Crippen LogP contribution in [0.25, 0.3) is 0 Å². The molecule has 3 N–H and O–H groups in total. The topological polar surface area (TPSA) is 167 Å². The summed E-state index contributed by atoms with van der Waals surface area (Å²) in [4.78, 5) is 41.4. The first-order valence-corrected chi connectivity index (χ1v) is 15.4. The molecule has 236 valence electrons. The number of alkyl halides is 1. The van der Waals surface area contributed by atoms with E-state index in [1.807, 2.05) is 6.92 Å². The Labute approximate surface area is 252 Å². The lowest BCUT2D eigenvalue weighted by molar-refractivity contribution is -0.145. The summed E-state index contributed by atoms with van der Waals surface area (Å²) in [5.74, 6) is -1.12. The van der Waals surface area contributed by atoms with E-state index in [0.29, 0.717) is 12.0 Å². The minimum Gasteiger partial charge on any atom is -0.465 e. The van der Waals surface area contributed by atoms with Crippen LogP contribution in [0.1, 0.15) is 43.8 Å². The van der Waals surface area contributed by atoms with E-state index in [0.717, 1.165) is 11.5 Å². The smallest absolute Gasteiger partial charge is 0.459 e. The Bertz CT molecular complexity index is 1540. The summed E-state index contributed by atoms with van der Waals surface area (Å²) >= 11 is 0. The maximum Gasteiger partial charge on any atom is 0.459 e. The zero-order valence-corrected chi connectivity index (χ0v) is 25.2. The highest BCUT2D eigenvalue weighted by Crippen LogP contribution is 2.47. The second kappa shape index (κ2) is 14.2. The van der Waals surface area contributed by atoms with Gasteiger partial charge in [0.25, 0.3) is 5.91 Å². The number of halogens is 1. The van der Waals surface area contributed by atoms with Crippen molar-refractivity contribution < 1.29 is 42.2 Å². The number of aliphatic hydroxyl groups excluding tert-OH is 1. The highest BCUT2D eigenvalue weighted by atomic mass is 31.2. The Balaban J connectivity index is 1.48. The largest absolute Gasteiger partial charge is 0.465 e. The predicted molar refractivity (Wildman–Crippen MR) is 157 cm³/mol. The van der Waals surface area contributed by atoms with Crippen LogP contribution in [0.5, 0.6) is 5.75 Å². The molecule has 1 fully saturated rings. The molecule has 1 aromatic heterocycles. The molecule has 1 aliphatic heterocycles. The molecular formula is C29H34FN4O9P. The standard InChI is InChI=1S/C29H34FN4O9P/c1-4-17-40-26(37)19(2)33-44(39,43-21-13-9-6-10-14-21)41-18-22-24(35)29(3,30)27(42-22)34-16-15-23(32-28(34)38)31-25(36)20-11-7-5-8-12-20/h5-16,19,22,24,27,35H,4,17-18H2,1-3H3,(H,33,39)(H,31,32,36,38)/t19?,22-,24-,27-,29-,44?/m1/s1. The van der Waals surface area contributed by atoms with Gasteiger partial charge < -0.3 is 24.4 Å². The van der Waals surface area contributed by atoms with Crippen LogP contribution in [-0.2, 0) is 23.4 Å². The molecule has 0 aliphatic carbocycles. The Morgan fingerprint density at radius 2 is 1.82 bits per heavy atom. The van der Waals surface area contributed by atoms with Gasteiger partial charge >= 0.3 is 19.4 Å². The van der Waals surface area contributed by atoms with Crippen molar-refractivity contribution in [2.45, 2.75) is 57.3 Å². The van der Waals surface area contributed by atoms with Gasteiger partial charge in [0.05, 0.1) is 13.2 Å². The number of ether oxygens (including phenoxy) is 2. The van der Waals surface area contributed by atoms with Crippen molar-refractivity contribution in [1.29, 1.82) is 0 Å². The second-order valence-electron chi connectivity index (χ2n) is 10.2. The Hall–Kier alpha value is -3.94. The van der Waals surface area contributed by atoms with E-state index < -0.39 is 62.1 Å². The van der Waals surface area contributed by atoms with E-state index in [1.54, 1.807) is 48.5 Å². The number of hydrogen-bond donors (Lipinski definition) is 3. The maximum absolute atomic E-state index is 15.9. The molecule has 1 aliphatic rings. The number of benzene rings is 2. The van der Waals surface area contributed by atoms with E-state index >= 15 is 4.39 Å². The SMILES string of the molecule is CCCOC(=O)C(C)NP(=O)(OC[C@H]1O[C@@H](n2ccc(NC(=O)c3ccccc3)nc2=O)[C@](C)(F)[C@@H]1O)Oc1ccccc1. The molecule has 1 saturated heterocycles. The quantitative estimate of drug-likeness (QED) is 0.186. The highest BCUT2D eigenvalue weighted by molar-refractivity contribution is 7.52. The molecule has 0 bridgehead atoms. The summed E-state index contributed by atoms with van der Waals surface area (Å²) in [6.07, 6.45) is -3.17. The predicted octanol–water partition coefficient (Wildman–Crippen LogP) is 3.62. The first-order chi connectivity index (χ1) is 20.9. The van der Waals surface area contributed by atoms with E-state index in [4.69, 9.17) is 18.5 Å². The molecule has 2 heterocycles. The molecule has 15 heteroatoms. The molecule has 2 aromatic carbocycles. The molecule has 13 nitrogen and oxygen atoms in total. The molecule has 4 rings (SSSR count). The van der Waals surface area contributed by atoms with Crippen LogP contribution in [-0.4, -0.2) is 63.7 Å².